The summed E-state index contributed by atoms with van der Waals surface area (Å²) in [6.45, 7) is 2.17. The molecule has 0 atom stereocenters. The Morgan fingerprint density at radius 2 is 2.08 bits per heavy atom. The number of hydrogen-bond donors (Lipinski definition) is 1. The van der Waals surface area contributed by atoms with Crippen molar-refractivity contribution in [2.75, 3.05) is 12.1 Å². The molecule has 0 saturated carbocycles. The summed E-state index contributed by atoms with van der Waals surface area (Å²) in [6.07, 6.45) is 7.37. The van der Waals surface area contributed by atoms with Gasteiger partial charge in [0.25, 0.3) is 0 Å². The van der Waals surface area contributed by atoms with Crippen molar-refractivity contribution in [3.05, 3.63) is 0 Å². The topological polar surface area (TPSA) is 29.1 Å². The monoisotopic (exact) mass is 189 g/mol. The van der Waals surface area contributed by atoms with Gasteiger partial charge in [0.05, 0.1) is 5.88 Å². The molecule has 0 rings (SSSR count). The largest absolute Gasteiger partial charge is 0.347 e. The third kappa shape index (κ3) is 7.92. The predicted molar refractivity (Wildman–Crippen MR) is 55.3 cm³/mol. The Kier molecular flexibility index (Phi) is 8.78. The van der Waals surface area contributed by atoms with Crippen LogP contribution in [-0.2, 0) is 4.79 Å². The molecule has 0 fully saturated rings. The van der Waals surface area contributed by atoms with Crippen molar-refractivity contribution in [3.63, 3.8) is 0 Å². The summed E-state index contributed by atoms with van der Waals surface area (Å²) < 4.78 is 0. The van der Waals surface area contributed by atoms with E-state index in [1.165, 1.54) is 19.3 Å². The minimum Gasteiger partial charge on any atom is -0.347 e. The molecule has 0 saturated heterocycles. The van der Waals surface area contributed by atoms with Gasteiger partial charge in [0.1, 0.15) is 0 Å². The molecule has 0 aromatic heterocycles. The summed E-state index contributed by atoms with van der Waals surface area (Å²) in [6, 6.07) is 0. The zero-order valence-corrected chi connectivity index (χ0v) is 8.88. The first kappa shape index (κ1) is 11.8. The maximum absolute atomic E-state index is 11.0. The van der Waals surface area contributed by atoms with Gasteiger partial charge in [-0.2, -0.15) is 0 Å². The number of carbonyl (C=O) groups excluding carboxylic acids is 1. The van der Waals surface area contributed by atoms with Crippen LogP contribution in [0.4, 0.5) is 0 Å². The maximum Gasteiger partial charge on any atom is 0.220 e. The molecule has 0 aliphatic carbocycles. The van der Waals surface area contributed by atoms with E-state index in [1.807, 2.05) is 6.26 Å². The zero-order chi connectivity index (χ0) is 9.23. The summed E-state index contributed by atoms with van der Waals surface area (Å²) in [5, 5.41) is 2.83. The summed E-state index contributed by atoms with van der Waals surface area (Å²) in [5.74, 6) is 0.938. The van der Waals surface area contributed by atoms with Gasteiger partial charge in [-0.15, -0.1) is 11.8 Å². The van der Waals surface area contributed by atoms with Crippen molar-refractivity contribution in [1.29, 1.82) is 0 Å². The zero-order valence-electron chi connectivity index (χ0n) is 8.06. The molecule has 0 spiro atoms. The van der Waals surface area contributed by atoms with Gasteiger partial charge < -0.3 is 5.32 Å². The highest BCUT2D eigenvalue weighted by Gasteiger charge is 1.98. The smallest absolute Gasteiger partial charge is 0.220 e. The van der Waals surface area contributed by atoms with E-state index in [0.29, 0.717) is 6.42 Å². The van der Waals surface area contributed by atoms with Crippen LogP contribution in [0.25, 0.3) is 0 Å². The van der Waals surface area contributed by atoms with Gasteiger partial charge >= 0.3 is 0 Å². The van der Waals surface area contributed by atoms with Crippen LogP contribution < -0.4 is 5.32 Å². The van der Waals surface area contributed by atoms with Gasteiger partial charge in [0, 0.05) is 6.42 Å². The number of hydrogen-bond acceptors (Lipinski definition) is 2. The summed E-state index contributed by atoms with van der Waals surface area (Å²) in [5.41, 5.74) is 0. The van der Waals surface area contributed by atoms with Crippen molar-refractivity contribution in [3.8, 4) is 0 Å². The number of thioether (sulfide) groups is 1. The lowest BCUT2D eigenvalue weighted by molar-refractivity contribution is -0.120. The van der Waals surface area contributed by atoms with Gasteiger partial charge in [0.15, 0.2) is 0 Å². The first-order valence-electron chi connectivity index (χ1n) is 4.57. The molecule has 0 unspecified atom stereocenters. The molecular formula is C9H19NOS. The quantitative estimate of drug-likeness (QED) is 0.492. The fourth-order valence-corrected chi connectivity index (χ4v) is 1.26. The van der Waals surface area contributed by atoms with Gasteiger partial charge in [-0.25, -0.2) is 0 Å². The summed E-state index contributed by atoms with van der Waals surface area (Å²) in [4.78, 5) is 11.0. The third-order valence-corrected chi connectivity index (χ3v) is 2.10. The van der Waals surface area contributed by atoms with Gasteiger partial charge in [-0.05, 0) is 12.7 Å². The number of rotatable bonds is 7. The van der Waals surface area contributed by atoms with E-state index in [9.17, 15) is 4.79 Å². The Bertz CT molecular complexity index is 117. The first-order chi connectivity index (χ1) is 5.81. The van der Waals surface area contributed by atoms with Crippen LogP contribution in [-0.4, -0.2) is 18.0 Å². The molecule has 72 valence electrons. The van der Waals surface area contributed by atoms with E-state index < -0.39 is 0 Å². The average molecular weight is 189 g/mol. The lowest BCUT2D eigenvalue weighted by atomic mass is 10.1. The highest BCUT2D eigenvalue weighted by molar-refractivity contribution is 7.98. The SMILES string of the molecule is CCCCCCC(=O)NCSC. The van der Waals surface area contributed by atoms with Crippen LogP contribution in [0.5, 0.6) is 0 Å². The number of nitrogens with one attached hydrogen (secondary N) is 1. The lowest BCUT2D eigenvalue weighted by Gasteiger charge is -2.01. The molecule has 0 heterocycles. The van der Waals surface area contributed by atoms with Crippen LogP contribution in [0.1, 0.15) is 39.0 Å². The first-order valence-corrected chi connectivity index (χ1v) is 5.96. The minimum atomic E-state index is 0.195. The Morgan fingerprint density at radius 3 is 2.67 bits per heavy atom. The maximum atomic E-state index is 11.0. The fourth-order valence-electron chi connectivity index (χ4n) is 0.953. The normalized spacial score (nSPS) is 9.83. The minimum absolute atomic E-state index is 0.195. The molecule has 3 heteroatoms. The van der Waals surface area contributed by atoms with Crippen LogP contribution >= 0.6 is 11.8 Å². The summed E-state index contributed by atoms with van der Waals surface area (Å²) >= 11 is 1.64. The molecule has 0 radical (unpaired) electrons. The number of unbranched alkanes of at least 4 members (excludes halogenated alkanes) is 3. The molecule has 0 aliphatic rings. The third-order valence-electron chi connectivity index (χ3n) is 1.67. The Balaban J connectivity index is 3.08. The molecule has 1 amide bonds. The second-order valence-electron chi connectivity index (χ2n) is 2.84. The second kappa shape index (κ2) is 8.91. The van der Waals surface area contributed by atoms with Crippen molar-refractivity contribution < 1.29 is 4.79 Å². The lowest BCUT2D eigenvalue weighted by Crippen LogP contribution is -2.21. The van der Waals surface area contributed by atoms with Crippen molar-refractivity contribution in [1.82, 2.24) is 5.32 Å². The molecule has 1 N–H and O–H groups in total. The molecule has 12 heavy (non-hydrogen) atoms. The molecule has 2 nitrogen and oxygen atoms in total. The highest BCUT2D eigenvalue weighted by Crippen LogP contribution is 2.02. The van der Waals surface area contributed by atoms with E-state index in [4.69, 9.17) is 0 Å². The van der Waals surface area contributed by atoms with E-state index in [2.05, 4.69) is 12.2 Å². The second-order valence-corrected chi connectivity index (χ2v) is 3.71. The number of amides is 1. The van der Waals surface area contributed by atoms with Crippen LogP contribution in [0.2, 0.25) is 0 Å². The summed E-state index contributed by atoms with van der Waals surface area (Å²) in [7, 11) is 0. The van der Waals surface area contributed by atoms with Crippen LogP contribution in [0.15, 0.2) is 0 Å². The van der Waals surface area contributed by atoms with E-state index >= 15 is 0 Å². The average Bonchev–Trinajstić information content (AvgIpc) is 2.09. The Hall–Kier alpha value is -0.180. The van der Waals surface area contributed by atoms with E-state index in [-0.39, 0.29) is 5.91 Å². The predicted octanol–water partition coefficient (Wildman–Crippen LogP) is 2.39. The standard InChI is InChI=1S/C9H19NOS/c1-3-4-5-6-7-9(11)10-8-12-2/h3-8H2,1-2H3,(H,10,11). The molecule has 0 aromatic rings. The molecule has 0 bridgehead atoms. The van der Waals surface area contributed by atoms with E-state index in [0.717, 1.165) is 12.3 Å². The van der Waals surface area contributed by atoms with Crippen molar-refractivity contribution in [2.24, 2.45) is 0 Å². The Morgan fingerprint density at radius 1 is 1.33 bits per heavy atom. The van der Waals surface area contributed by atoms with Gasteiger partial charge in [0.2, 0.25) is 5.91 Å². The van der Waals surface area contributed by atoms with Crippen molar-refractivity contribution >= 4 is 17.7 Å². The molecule has 0 aliphatic heterocycles. The van der Waals surface area contributed by atoms with Gasteiger partial charge in [-0.3, -0.25) is 4.79 Å². The Labute approximate surface area is 79.5 Å². The van der Waals surface area contributed by atoms with Crippen LogP contribution in [0, 0.1) is 0 Å². The number of carbonyl (C=O) groups is 1. The molecule has 0 aromatic carbocycles. The van der Waals surface area contributed by atoms with Crippen LogP contribution in [0.3, 0.4) is 0 Å². The van der Waals surface area contributed by atoms with E-state index in [1.54, 1.807) is 11.8 Å². The fraction of sp³-hybridized carbons (Fsp3) is 0.889. The molecular weight excluding hydrogens is 170 g/mol. The highest BCUT2D eigenvalue weighted by atomic mass is 32.2. The van der Waals surface area contributed by atoms with Gasteiger partial charge in [-0.1, -0.05) is 26.2 Å². The van der Waals surface area contributed by atoms with Crippen molar-refractivity contribution in [2.45, 2.75) is 39.0 Å².